The number of aryl methyl sites for hydroxylation is 8. The highest BCUT2D eigenvalue weighted by molar-refractivity contribution is 7.57. The van der Waals surface area contributed by atoms with Gasteiger partial charge in [0.2, 0.25) is 0 Å². The molecule has 0 spiro atoms. The Kier molecular flexibility index (Phi) is 12.3. The average Bonchev–Trinajstić information content (AvgIpc) is 3.14. The van der Waals surface area contributed by atoms with Crippen molar-refractivity contribution in [2.75, 3.05) is 7.11 Å². The Bertz CT molecular complexity index is 2200. The second-order valence-corrected chi connectivity index (χ2v) is 17.1. The van der Waals surface area contributed by atoms with E-state index in [1.807, 2.05) is 32.0 Å². The first-order valence-electron chi connectivity index (χ1n) is 18.6. The summed E-state index contributed by atoms with van der Waals surface area (Å²) in [5.74, 6) is 5.25. The number of rotatable bonds is 9. The number of methoxy groups -OCH3 is 1. The second-order valence-electron chi connectivity index (χ2n) is 14.8. The summed E-state index contributed by atoms with van der Waals surface area (Å²) < 4.78 is 32.4. The van der Waals surface area contributed by atoms with Crippen molar-refractivity contribution < 1.29 is 23.0 Å². The zero-order valence-corrected chi connectivity index (χ0v) is 35.8. The summed E-state index contributed by atoms with van der Waals surface area (Å²) >= 11 is 0. The van der Waals surface area contributed by atoms with Crippen LogP contribution in [0.15, 0.2) is 109 Å². The minimum absolute atomic E-state index is 0.0848. The van der Waals surface area contributed by atoms with Crippen LogP contribution in [0.25, 0.3) is 0 Å². The minimum atomic E-state index is -1.63. The highest BCUT2D eigenvalue weighted by atomic mass is 31.2. The van der Waals surface area contributed by atoms with Crippen molar-refractivity contribution in [1.82, 2.24) is 0 Å². The standard InChI is InChI=1S/C39H40O4P2.C9H12O/c1-24-14-9-15-25(2)34(24)41-44-32-22-12-20-30-37(32)40-38-31(39(30,7)8)21-13-23-33(38)45(42-35-26(3)16-10-17-27(35)4)43-36-28(5)18-11-19-29(36)6;1-7-5-4-6-8(2)9(7)10-3/h9-23,44H,1-8H3;4-6H,1-3H3. The van der Waals surface area contributed by atoms with E-state index in [-0.39, 0.29) is 14.2 Å². The minimum Gasteiger partial charge on any atom is -0.496 e. The highest BCUT2D eigenvalue weighted by Crippen LogP contribution is 2.52. The molecule has 1 atom stereocenters. The third-order valence-corrected chi connectivity index (χ3v) is 12.6. The summed E-state index contributed by atoms with van der Waals surface area (Å²) in [6.07, 6.45) is 0. The Balaban J connectivity index is 0.000000448. The van der Waals surface area contributed by atoms with E-state index in [0.29, 0.717) is 0 Å². The molecule has 0 aliphatic carbocycles. The molecule has 0 aromatic heterocycles. The van der Waals surface area contributed by atoms with E-state index in [2.05, 4.69) is 146 Å². The molecule has 0 N–H and O–H groups in total. The van der Waals surface area contributed by atoms with Crippen LogP contribution in [-0.2, 0) is 5.41 Å². The van der Waals surface area contributed by atoms with Gasteiger partial charge in [0.25, 0.3) is 0 Å². The molecule has 5 nitrogen and oxygen atoms in total. The second kappa shape index (κ2) is 16.9. The first-order valence-corrected chi connectivity index (χ1v) is 20.7. The molecule has 0 bridgehead atoms. The molecule has 284 valence electrons. The third kappa shape index (κ3) is 8.40. The van der Waals surface area contributed by atoms with E-state index < -0.39 is 8.38 Å². The number of hydrogen-bond donors (Lipinski definition) is 0. The van der Waals surface area contributed by atoms with Gasteiger partial charge in [-0.3, -0.25) is 0 Å². The van der Waals surface area contributed by atoms with Gasteiger partial charge in [0.15, 0.2) is 0 Å². The highest BCUT2D eigenvalue weighted by Gasteiger charge is 2.39. The number of benzene rings is 6. The molecule has 0 saturated heterocycles. The Hall–Kier alpha value is -4.82. The Morgan fingerprint density at radius 2 is 0.855 bits per heavy atom. The average molecular weight is 771 g/mol. The molecule has 0 fully saturated rings. The maximum atomic E-state index is 6.98. The summed E-state index contributed by atoms with van der Waals surface area (Å²) in [6.45, 7) is 21.1. The fourth-order valence-electron chi connectivity index (χ4n) is 7.09. The molecule has 7 rings (SSSR count). The molecule has 6 aromatic carbocycles. The van der Waals surface area contributed by atoms with Crippen molar-refractivity contribution >= 4 is 27.8 Å². The topological polar surface area (TPSA) is 46.2 Å². The monoisotopic (exact) mass is 770 g/mol. The smallest absolute Gasteiger partial charge is 0.330 e. The van der Waals surface area contributed by atoms with Crippen LogP contribution in [0.1, 0.15) is 69.5 Å². The molecular formula is C48H52O5P2. The van der Waals surface area contributed by atoms with Crippen LogP contribution in [0.5, 0.6) is 34.5 Å². The van der Waals surface area contributed by atoms with Gasteiger partial charge in [-0.1, -0.05) is 111 Å². The summed E-state index contributed by atoms with van der Waals surface area (Å²) in [4.78, 5) is 0. The van der Waals surface area contributed by atoms with Crippen LogP contribution in [-0.4, -0.2) is 7.11 Å². The lowest BCUT2D eigenvalue weighted by atomic mass is 9.76. The first kappa shape index (κ1) is 39.9. The lowest BCUT2D eigenvalue weighted by Crippen LogP contribution is -2.30. The van der Waals surface area contributed by atoms with Gasteiger partial charge >= 0.3 is 8.38 Å². The Morgan fingerprint density at radius 1 is 0.473 bits per heavy atom. The number of fused-ring (bicyclic) bond motifs is 2. The summed E-state index contributed by atoms with van der Waals surface area (Å²) in [7, 11) is 0.154. The Labute approximate surface area is 330 Å². The lowest BCUT2D eigenvalue weighted by molar-refractivity contribution is 0.408. The van der Waals surface area contributed by atoms with Gasteiger partial charge in [-0.25, -0.2) is 0 Å². The van der Waals surface area contributed by atoms with Gasteiger partial charge in [-0.15, -0.1) is 0 Å². The fraction of sp³-hybridized carbons (Fsp3) is 0.250. The molecule has 1 heterocycles. The van der Waals surface area contributed by atoms with Crippen LogP contribution >= 0.6 is 17.2 Å². The summed E-state index contributed by atoms with van der Waals surface area (Å²) in [6, 6.07) is 37.5. The molecule has 0 radical (unpaired) electrons. The molecule has 1 unspecified atom stereocenters. The van der Waals surface area contributed by atoms with Gasteiger partial charge in [-0.05, 0) is 112 Å². The third-order valence-electron chi connectivity index (χ3n) is 10.2. The van der Waals surface area contributed by atoms with Crippen LogP contribution in [0.2, 0.25) is 0 Å². The van der Waals surface area contributed by atoms with E-state index in [1.165, 1.54) is 11.1 Å². The van der Waals surface area contributed by atoms with E-state index >= 15 is 0 Å². The van der Waals surface area contributed by atoms with Gasteiger partial charge < -0.3 is 23.0 Å². The largest absolute Gasteiger partial charge is 0.496 e. The zero-order valence-electron chi connectivity index (χ0n) is 33.9. The van der Waals surface area contributed by atoms with E-state index in [4.69, 9.17) is 23.0 Å². The van der Waals surface area contributed by atoms with Crippen molar-refractivity contribution in [2.24, 2.45) is 0 Å². The number of hydrogen-bond acceptors (Lipinski definition) is 5. The fourth-order valence-corrected chi connectivity index (χ4v) is 9.75. The molecule has 0 amide bonds. The predicted octanol–water partition coefficient (Wildman–Crippen LogP) is 12.7. The molecule has 55 heavy (non-hydrogen) atoms. The van der Waals surface area contributed by atoms with Gasteiger partial charge in [0.05, 0.1) is 17.7 Å². The van der Waals surface area contributed by atoms with Crippen LogP contribution < -0.4 is 33.7 Å². The first-order chi connectivity index (χ1) is 26.3. The van der Waals surface area contributed by atoms with Crippen LogP contribution in [0, 0.1) is 55.4 Å². The van der Waals surface area contributed by atoms with E-state index in [1.54, 1.807) is 7.11 Å². The molecular weight excluding hydrogens is 718 g/mol. The van der Waals surface area contributed by atoms with E-state index in [0.717, 1.165) is 89.6 Å². The molecule has 1 aliphatic rings. The Morgan fingerprint density at radius 3 is 1.29 bits per heavy atom. The SMILES string of the molecule is COc1c(C)cccc1C.Cc1cccc(C)c1OPc1cccc2c1Oc1c(P(Oc3c(C)cccc3C)Oc3c(C)cccc3C)cccc1C2(C)C. The molecule has 0 saturated carbocycles. The van der Waals surface area contributed by atoms with E-state index in [9.17, 15) is 0 Å². The van der Waals surface area contributed by atoms with Crippen molar-refractivity contribution in [3.8, 4) is 34.5 Å². The zero-order chi connectivity index (χ0) is 39.4. The number of ether oxygens (including phenoxy) is 2. The quantitative estimate of drug-likeness (QED) is 0.137. The van der Waals surface area contributed by atoms with Gasteiger partial charge in [-0.2, -0.15) is 0 Å². The van der Waals surface area contributed by atoms with Crippen molar-refractivity contribution in [2.45, 2.75) is 74.7 Å². The van der Waals surface area contributed by atoms with Crippen molar-refractivity contribution in [3.05, 3.63) is 165 Å². The maximum Gasteiger partial charge on any atom is 0.330 e. The number of para-hydroxylation sites is 6. The summed E-state index contributed by atoms with van der Waals surface area (Å²) in [5.41, 5.74) is 10.8. The molecule has 6 aromatic rings. The normalized spacial score (nSPS) is 12.7. The lowest BCUT2D eigenvalue weighted by Gasteiger charge is -2.37. The van der Waals surface area contributed by atoms with Crippen molar-refractivity contribution in [3.63, 3.8) is 0 Å². The maximum absolute atomic E-state index is 6.98. The molecule has 1 aliphatic heterocycles. The van der Waals surface area contributed by atoms with Gasteiger partial charge in [0.1, 0.15) is 43.3 Å². The van der Waals surface area contributed by atoms with Crippen LogP contribution in [0.3, 0.4) is 0 Å². The van der Waals surface area contributed by atoms with Gasteiger partial charge in [0, 0.05) is 16.5 Å². The molecule has 7 heteroatoms. The summed E-state index contributed by atoms with van der Waals surface area (Å²) in [5, 5.41) is 1.93. The predicted molar refractivity (Wildman–Crippen MR) is 232 cm³/mol. The van der Waals surface area contributed by atoms with Crippen molar-refractivity contribution in [1.29, 1.82) is 0 Å². The van der Waals surface area contributed by atoms with Crippen LogP contribution in [0.4, 0.5) is 0 Å².